The van der Waals surface area contributed by atoms with Gasteiger partial charge in [0.15, 0.2) is 5.43 Å². The van der Waals surface area contributed by atoms with E-state index in [4.69, 9.17) is 4.42 Å². The van der Waals surface area contributed by atoms with Crippen LogP contribution >= 0.6 is 0 Å². The van der Waals surface area contributed by atoms with Gasteiger partial charge in [0.2, 0.25) is 0 Å². The Kier molecular flexibility index (Phi) is 5.66. The fraction of sp³-hybridized carbons (Fsp3) is 0.107. The number of nitrogens with one attached hydrogen (secondary N) is 1. The second-order valence-electron chi connectivity index (χ2n) is 8.44. The van der Waals surface area contributed by atoms with Crippen LogP contribution in [0.1, 0.15) is 34.5 Å². The first-order valence-electron chi connectivity index (χ1n) is 11.2. The molecule has 3 aromatic carbocycles. The van der Waals surface area contributed by atoms with Crippen molar-refractivity contribution in [3.63, 3.8) is 0 Å². The highest BCUT2D eigenvalue weighted by molar-refractivity contribution is 5.94. The molecule has 7 nitrogen and oxygen atoms in total. The second kappa shape index (κ2) is 8.95. The van der Waals surface area contributed by atoms with Crippen molar-refractivity contribution in [2.24, 2.45) is 0 Å². The molecule has 0 radical (unpaired) electrons. The molecule has 174 valence electrons. The van der Waals surface area contributed by atoms with Crippen LogP contribution in [0, 0.1) is 6.92 Å². The summed E-state index contributed by atoms with van der Waals surface area (Å²) in [6, 6.07) is 19.4. The number of fused-ring (bicyclic) bond motifs is 1. The number of nitrogens with zero attached hydrogens (tertiary/aromatic N) is 2. The van der Waals surface area contributed by atoms with E-state index in [1.165, 1.54) is 6.07 Å². The number of aromatic carboxylic acids is 1. The minimum Gasteiger partial charge on any atom is -0.478 e. The molecule has 7 heteroatoms. The maximum Gasteiger partial charge on any atom is 0.337 e. The SMILES string of the molecule is Cc1cc(C(C)Nc2ccccc2C(=O)O)c2oc(-c3ccc(-n4ccnc4)cc3)cc(=O)c2c1. The third-order valence-electron chi connectivity index (χ3n) is 5.95. The van der Waals surface area contributed by atoms with Crippen molar-refractivity contribution >= 4 is 22.6 Å². The molecule has 0 spiro atoms. The molecule has 0 amide bonds. The maximum absolute atomic E-state index is 13.1. The molecule has 2 N–H and O–H groups in total. The number of hydrogen-bond donors (Lipinski definition) is 2. The molecule has 2 heterocycles. The molecule has 0 bridgehead atoms. The summed E-state index contributed by atoms with van der Waals surface area (Å²) >= 11 is 0. The Morgan fingerprint density at radius 2 is 1.86 bits per heavy atom. The number of imidazole rings is 1. The fourth-order valence-corrected chi connectivity index (χ4v) is 4.21. The highest BCUT2D eigenvalue weighted by atomic mass is 16.4. The molecule has 0 fully saturated rings. The fourth-order valence-electron chi connectivity index (χ4n) is 4.21. The molecule has 1 atom stereocenters. The molecule has 1 unspecified atom stereocenters. The Labute approximate surface area is 201 Å². The number of carboxylic acid groups (broad SMARTS) is 1. The van der Waals surface area contributed by atoms with Gasteiger partial charge in [0.1, 0.15) is 11.3 Å². The standard InChI is InChI=1S/C28H23N3O4/c1-17-13-22(18(2)30-24-6-4-3-5-21(24)28(33)34)27-23(14-17)25(32)15-26(35-27)19-7-9-20(10-8-19)31-12-11-29-16-31/h3-16,18,30H,1-2H3,(H,33,34). The van der Waals surface area contributed by atoms with Crippen molar-refractivity contribution in [3.8, 4) is 17.0 Å². The number of carbonyl (C=O) groups is 1. The molecule has 5 aromatic rings. The van der Waals surface area contributed by atoms with E-state index in [1.54, 1.807) is 36.8 Å². The number of aryl methyl sites for hydroxylation is 1. The molecule has 5 rings (SSSR count). The van der Waals surface area contributed by atoms with Crippen LogP contribution in [0.4, 0.5) is 5.69 Å². The van der Waals surface area contributed by atoms with Crippen molar-refractivity contribution < 1.29 is 14.3 Å². The van der Waals surface area contributed by atoms with Crippen LogP contribution < -0.4 is 10.7 Å². The largest absolute Gasteiger partial charge is 0.478 e. The molecular weight excluding hydrogens is 442 g/mol. The van der Waals surface area contributed by atoms with E-state index in [0.29, 0.717) is 22.4 Å². The molecule has 0 aliphatic rings. The number of benzene rings is 3. The average molecular weight is 466 g/mol. The van der Waals surface area contributed by atoms with Crippen molar-refractivity contribution in [1.29, 1.82) is 0 Å². The van der Waals surface area contributed by atoms with Gasteiger partial charge in [0.25, 0.3) is 0 Å². The number of hydrogen-bond acceptors (Lipinski definition) is 5. The highest BCUT2D eigenvalue weighted by Gasteiger charge is 2.18. The molecule has 35 heavy (non-hydrogen) atoms. The van der Waals surface area contributed by atoms with Gasteiger partial charge < -0.3 is 19.4 Å². The van der Waals surface area contributed by atoms with Crippen LogP contribution in [0.15, 0.2) is 94.7 Å². The Balaban J connectivity index is 1.57. The molecule has 0 aliphatic heterocycles. The zero-order chi connectivity index (χ0) is 24.5. The molecule has 0 saturated carbocycles. The first kappa shape index (κ1) is 22.2. The first-order chi connectivity index (χ1) is 16.9. The van der Waals surface area contributed by atoms with Gasteiger partial charge in [-0.2, -0.15) is 0 Å². The molecular formula is C28H23N3O4. The van der Waals surface area contributed by atoms with E-state index in [9.17, 15) is 14.7 Å². The minimum atomic E-state index is -1.01. The number of rotatable bonds is 6. The van der Waals surface area contributed by atoms with Crippen molar-refractivity contribution in [3.05, 3.63) is 112 Å². The predicted octanol–water partition coefficient (Wildman–Crippen LogP) is 5.83. The Morgan fingerprint density at radius 1 is 1.09 bits per heavy atom. The van der Waals surface area contributed by atoms with Gasteiger partial charge in [-0.25, -0.2) is 9.78 Å². The maximum atomic E-state index is 13.1. The highest BCUT2D eigenvalue weighted by Crippen LogP contribution is 2.31. The number of aromatic nitrogens is 2. The van der Waals surface area contributed by atoms with Crippen molar-refractivity contribution in [1.82, 2.24) is 9.55 Å². The van der Waals surface area contributed by atoms with E-state index in [2.05, 4.69) is 10.3 Å². The van der Waals surface area contributed by atoms with E-state index >= 15 is 0 Å². The van der Waals surface area contributed by atoms with E-state index in [1.807, 2.05) is 61.0 Å². The number of para-hydroxylation sites is 1. The lowest BCUT2D eigenvalue weighted by Crippen LogP contribution is -2.12. The van der Waals surface area contributed by atoms with Gasteiger partial charge >= 0.3 is 5.97 Å². The molecule has 0 aliphatic carbocycles. The van der Waals surface area contributed by atoms with Gasteiger partial charge in [0.05, 0.1) is 23.3 Å². The Bertz CT molecular complexity index is 1590. The Morgan fingerprint density at radius 3 is 2.57 bits per heavy atom. The third-order valence-corrected chi connectivity index (χ3v) is 5.95. The van der Waals surface area contributed by atoms with Crippen LogP contribution in [0.5, 0.6) is 0 Å². The van der Waals surface area contributed by atoms with E-state index in [-0.39, 0.29) is 17.0 Å². The molecule has 2 aromatic heterocycles. The van der Waals surface area contributed by atoms with Crippen LogP contribution in [-0.2, 0) is 0 Å². The van der Waals surface area contributed by atoms with Crippen molar-refractivity contribution in [2.45, 2.75) is 19.9 Å². The average Bonchev–Trinajstić information content (AvgIpc) is 3.39. The summed E-state index contributed by atoms with van der Waals surface area (Å²) in [5.74, 6) is -0.551. The van der Waals surface area contributed by atoms with Crippen LogP contribution in [-0.4, -0.2) is 20.6 Å². The monoisotopic (exact) mass is 465 g/mol. The summed E-state index contributed by atoms with van der Waals surface area (Å²) in [5.41, 5.74) is 4.42. The first-order valence-corrected chi connectivity index (χ1v) is 11.2. The van der Waals surface area contributed by atoms with Crippen LogP contribution in [0.2, 0.25) is 0 Å². The smallest absolute Gasteiger partial charge is 0.337 e. The van der Waals surface area contributed by atoms with Gasteiger partial charge in [-0.3, -0.25) is 4.79 Å². The van der Waals surface area contributed by atoms with E-state index in [0.717, 1.165) is 22.4 Å². The lowest BCUT2D eigenvalue weighted by Gasteiger charge is -2.19. The summed E-state index contributed by atoms with van der Waals surface area (Å²) in [5, 5.41) is 13.3. The zero-order valence-electron chi connectivity index (χ0n) is 19.2. The van der Waals surface area contributed by atoms with E-state index < -0.39 is 5.97 Å². The summed E-state index contributed by atoms with van der Waals surface area (Å²) in [7, 11) is 0. The zero-order valence-corrected chi connectivity index (χ0v) is 19.2. The normalized spacial score (nSPS) is 11.9. The van der Waals surface area contributed by atoms with Crippen LogP contribution in [0.25, 0.3) is 28.0 Å². The minimum absolute atomic E-state index is 0.136. The topological polar surface area (TPSA) is 97.4 Å². The van der Waals surface area contributed by atoms with Gasteiger partial charge in [0, 0.05) is 41.0 Å². The summed E-state index contributed by atoms with van der Waals surface area (Å²) in [4.78, 5) is 28.8. The van der Waals surface area contributed by atoms with Gasteiger partial charge in [-0.1, -0.05) is 18.2 Å². The van der Waals surface area contributed by atoms with Gasteiger partial charge in [-0.15, -0.1) is 0 Å². The summed E-state index contributed by atoms with van der Waals surface area (Å²) in [6.45, 7) is 3.84. The predicted molar refractivity (Wildman–Crippen MR) is 135 cm³/mol. The Hall–Kier alpha value is -4.65. The van der Waals surface area contributed by atoms with Gasteiger partial charge in [-0.05, 0) is 61.9 Å². The quantitative estimate of drug-likeness (QED) is 0.328. The lowest BCUT2D eigenvalue weighted by atomic mass is 10.00. The molecule has 0 saturated heterocycles. The van der Waals surface area contributed by atoms with Crippen LogP contribution in [0.3, 0.4) is 0 Å². The summed E-state index contributed by atoms with van der Waals surface area (Å²) < 4.78 is 8.20. The van der Waals surface area contributed by atoms with Crippen molar-refractivity contribution in [2.75, 3.05) is 5.32 Å². The second-order valence-corrected chi connectivity index (χ2v) is 8.44. The third kappa shape index (κ3) is 4.31. The number of carboxylic acids is 1. The number of anilines is 1. The summed E-state index contributed by atoms with van der Waals surface area (Å²) in [6.07, 6.45) is 5.29. The lowest BCUT2D eigenvalue weighted by molar-refractivity contribution is 0.0698.